The molecule has 0 saturated carbocycles. The maximum absolute atomic E-state index is 11.9. The Bertz CT molecular complexity index is 653. The molecule has 132 valence electrons. The van der Waals surface area contributed by atoms with Crippen LogP contribution in [-0.4, -0.2) is 18.3 Å². The van der Waals surface area contributed by atoms with E-state index in [1.807, 2.05) is 18.2 Å². The molecule has 2 aromatic rings. The molecular weight excluding hydrogens is 344 g/mol. The van der Waals surface area contributed by atoms with Crippen molar-refractivity contribution in [2.45, 2.75) is 50.8 Å². The van der Waals surface area contributed by atoms with Gasteiger partial charge in [0.15, 0.2) is 0 Å². The molecule has 0 bridgehead atoms. The zero-order valence-corrected chi connectivity index (χ0v) is 15.9. The van der Waals surface area contributed by atoms with Gasteiger partial charge in [-0.05, 0) is 30.5 Å². The number of carbonyl (C=O) groups is 1. The lowest BCUT2D eigenvalue weighted by Gasteiger charge is -2.14. The summed E-state index contributed by atoms with van der Waals surface area (Å²) in [7, 11) is 0. The molecule has 0 spiro atoms. The quantitative estimate of drug-likeness (QED) is 0.363. The number of halogens is 1. The highest BCUT2D eigenvalue weighted by atomic mass is 35.5. The van der Waals surface area contributed by atoms with Crippen LogP contribution in [0.4, 0.5) is 0 Å². The second-order valence-electron chi connectivity index (χ2n) is 5.94. The zero-order chi connectivity index (χ0) is 17.4. The minimum absolute atomic E-state index is 0.132. The van der Waals surface area contributed by atoms with Crippen LogP contribution in [0.15, 0.2) is 33.8 Å². The lowest BCUT2D eigenvalue weighted by molar-refractivity contribution is -0.144. The van der Waals surface area contributed by atoms with Crippen LogP contribution < -0.4 is 0 Å². The van der Waals surface area contributed by atoms with Crippen LogP contribution in [0.25, 0.3) is 11.0 Å². The van der Waals surface area contributed by atoms with Crippen molar-refractivity contribution in [2.24, 2.45) is 5.92 Å². The Hall–Kier alpha value is -1.13. The summed E-state index contributed by atoms with van der Waals surface area (Å²) in [5.74, 6) is 1.00. The second kappa shape index (κ2) is 10.00. The number of unbranched alkanes of at least 4 members (excludes halogenated alkanes) is 1. The summed E-state index contributed by atoms with van der Waals surface area (Å²) in [4.78, 5) is 12.8. The Morgan fingerprint density at radius 3 is 2.96 bits per heavy atom. The maximum atomic E-state index is 11.9. The summed E-state index contributed by atoms with van der Waals surface area (Å²) in [6.07, 6.45) is 6.60. The number of rotatable bonds is 10. The normalized spacial score (nSPS) is 12.5. The van der Waals surface area contributed by atoms with Crippen molar-refractivity contribution >= 4 is 40.3 Å². The average molecular weight is 369 g/mol. The van der Waals surface area contributed by atoms with E-state index in [2.05, 4.69) is 13.8 Å². The first-order valence-electron chi connectivity index (χ1n) is 8.59. The van der Waals surface area contributed by atoms with Crippen molar-refractivity contribution in [2.75, 3.05) is 12.4 Å². The van der Waals surface area contributed by atoms with Crippen molar-refractivity contribution in [3.05, 3.63) is 29.5 Å². The molecule has 5 heteroatoms. The van der Waals surface area contributed by atoms with E-state index in [1.54, 1.807) is 18.0 Å². The van der Waals surface area contributed by atoms with Gasteiger partial charge in [0.05, 0.1) is 24.3 Å². The van der Waals surface area contributed by atoms with Crippen LogP contribution in [0.3, 0.4) is 0 Å². The number of furan rings is 1. The van der Waals surface area contributed by atoms with Crippen LogP contribution in [0.5, 0.6) is 0 Å². The van der Waals surface area contributed by atoms with Crippen LogP contribution in [-0.2, 0) is 9.53 Å². The van der Waals surface area contributed by atoms with Gasteiger partial charge in [0.1, 0.15) is 5.58 Å². The minimum atomic E-state index is -0.132. The molecule has 0 amide bonds. The van der Waals surface area contributed by atoms with E-state index in [4.69, 9.17) is 20.8 Å². The topological polar surface area (TPSA) is 39.4 Å². The summed E-state index contributed by atoms with van der Waals surface area (Å²) in [6, 6.07) is 5.70. The van der Waals surface area contributed by atoms with Gasteiger partial charge >= 0.3 is 5.97 Å². The Balaban J connectivity index is 1.74. The lowest BCUT2D eigenvalue weighted by Crippen LogP contribution is -2.14. The SMILES string of the molecule is CCCCC(CC)COC(=O)CCSc1cc2occc2cc1Cl. The number of carbonyl (C=O) groups excluding carboxylic acids is 1. The molecule has 1 atom stereocenters. The molecule has 2 rings (SSSR count). The molecule has 0 saturated heterocycles. The van der Waals surface area contributed by atoms with Gasteiger partial charge < -0.3 is 9.15 Å². The number of fused-ring (bicyclic) bond motifs is 1. The third kappa shape index (κ3) is 5.75. The van der Waals surface area contributed by atoms with E-state index < -0.39 is 0 Å². The predicted octanol–water partition coefficient (Wildman–Crippen LogP) is 6.33. The standard InChI is InChI=1S/C19H25ClO3S/c1-3-5-6-14(4-2)13-23-19(21)8-10-24-18-12-17-15(7-9-22-17)11-16(18)20/h7,9,11-12,14H,3-6,8,10,13H2,1-2H3. The molecule has 0 aliphatic heterocycles. The first-order valence-corrected chi connectivity index (χ1v) is 9.95. The Kier molecular flexibility index (Phi) is 8.00. The fraction of sp³-hybridized carbons (Fsp3) is 0.526. The van der Waals surface area contributed by atoms with Gasteiger partial charge in [-0.2, -0.15) is 0 Å². The van der Waals surface area contributed by atoms with Crippen LogP contribution >= 0.6 is 23.4 Å². The monoisotopic (exact) mass is 368 g/mol. The Morgan fingerprint density at radius 2 is 2.21 bits per heavy atom. The van der Waals surface area contributed by atoms with E-state index in [9.17, 15) is 4.79 Å². The molecule has 3 nitrogen and oxygen atoms in total. The molecular formula is C19H25ClO3S. The van der Waals surface area contributed by atoms with Crippen molar-refractivity contribution in [1.82, 2.24) is 0 Å². The molecule has 1 unspecified atom stereocenters. The van der Waals surface area contributed by atoms with Crippen molar-refractivity contribution in [3.8, 4) is 0 Å². The summed E-state index contributed by atoms with van der Waals surface area (Å²) in [6.45, 7) is 4.87. The van der Waals surface area contributed by atoms with Crippen molar-refractivity contribution in [1.29, 1.82) is 0 Å². The number of benzene rings is 1. The lowest BCUT2D eigenvalue weighted by atomic mass is 10.0. The molecule has 0 radical (unpaired) electrons. The second-order valence-corrected chi connectivity index (χ2v) is 7.48. The van der Waals surface area contributed by atoms with Gasteiger partial charge in [-0.1, -0.05) is 44.7 Å². The molecule has 1 heterocycles. The maximum Gasteiger partial charge on any atom is 0.306 e. The Morgan fingerprint density at radius 1 is 1.38 bits per heavy atom. The molecule has 0 fully saturated rings. The van der Waals surface area contributed by atoms with E-state index in [-0.39, 0.29) is 5.97 Å². The minimum Gasteiger partial charge on any atom is -0.465 e. The fourth-order valence-electron chi connectivity index (χ4n) is 2.50. The average Bonchev–Trinajstić information content (AvgIpc) is 3.02. The van der Waals surface area contributed by atoms with Gasteiger partial charge in [-0.25, -0.2) is 0 Å². The zero-order valence-electron chi connectivity index (χ0n) is 14.3. The third-order valence-electron chi connectivity index (χ3n) is 4.09. The number of esters is 1. The van der Waals surface area contributed by atoms with Gasteiger partial charge in [-0.3, -0.25) is 4.79 Å². The highest BCUT2D eigenvalue weighted by molar-refractivity contribution is 7.99. The molecule has 24 heavy (non-hydrogen) atoms. The molecule has 1 aromatic carbocycles. The van der Waals surface area contributed by atoms with E-state index in [0.717, 1.165) is 28.7 Å². The molecule has 0 aliphatic rings. The van der Waals surface area contributed by atoms with E-state index >= 15 is 0 Å². The molecule has 1 aromatic heterocycles. The van der Waals surface area contributed by atoms with Crippen molar-refractivity contribution in [3.63, 3.8) is 0 Å². The van der Waals surface area contributed by atoms with Crippen molar-refractivity contribution < 1.29 is 13.9 Å². The largest absolute Gasteiger partial charge is 0.465 e. The summed E-state index contributed by atoms with van der Waals surface area (Å²) >= 11 is 7.82. The molecule has 0 N–H and O–H groups in total. The summed E-state index contributed by atoms with van der Waals surface area (Å²) in [5.41, 5.74) is 0.811. The van der Waals surface area contributed by atoms with Gasteiger partial charge in [0.25, 0.3) is 0 Å². The third-order valence-corrected chi connectivity index (χ3v) is 5.58. The van der Waals surface area contributed by atoms with Gasteiger partial charge in [0, 0.05) is 16.0 Å². The van der Waals surface area contributed by atoms with Crippen LogP contribution in [0.1, 0.15) is 46.0 Å². The predicted molar refractivity (Wildman–Crippen MR) is 101 cm³/mol. The number of ether oxygens (including phenoxy) is 1. The number of thioether (sulfide) groups is 1. The van der Waals surface area contributed by atoms with Crippen LogP contribution in [0.2, 0.25) is 5.02 Å². The van der Waals surface area contributed by atoms with Gasteiger partial charge in [0.2, 0.25) is 0 Å². The highest BCUT2D eigenvalue weighted by Crippen LogP contribution is 2.32. The highest BCUT2D eigenvalue weighted by Gasteiger charge is 2.11. The van der Waals surface area contributed by atoms with Crippen LogP contribution in [0, 0.1) is 5.92 Å². The van der Waals surface area contributed by atoms with E-state index in [0.29, 0.717) is 29.7 Å². The first-order chi connectivity index (χ1) is 11.6. The fourth-order valence-corrected chi connectivity index (χ4v) is 3.71. The summed E-state index contributed by atoms with van der Waals surface area (Å²) in [5, 5.41) is 1.68. The Labute approximate surface area is 153 Å². The first kappa shape index (κ1) is 19.2. The number of hydrogen-bond donors (Lipinski definition) is 0. The van der Waals surface area contributed by atoms with E-state index in [1.165, 1.54) is 12.8 Å². The van der Waals surface area contributed by atoms with Gasteiger partial charge in [-0.15, -0.1) is 11.8 Å². The smallest absolute Gasteiger partial charge is 0.306 e. The molecule has 0 aliphatic carbocycles. The number of hydrogen-bond acceptors (Lipinski definition) is 4. The summed E-state index contributed by atoms with van der Waals surface area (Å²) < 4.78 is 10.8.